The van der Waals surface area contributed by atoms with Gasteiger partial charge in [-0.15, -0.1) is 0 Å². The van der Waals surface area contributed by atoms with E-state index >= 15 is 0 Å². The van der Waals surface area contributed by atoms with Gasteiger partial charge in [-0.1, -0.05) is 0 Å². The summed E-state index contributed by atoms with van der Waals surface area (Å²) in [6, 6.07) is 0. The number of rotatable bonds is 3. The summed E-state index contributed by atoms with van der Waals surface area (Å²) >= 11 is 14.8. The normalized spacial score (nSPS) is 9.09. The molecule has 14 heteroatoms. The second-order valence-electron chi connectivity index (χ2n) is 3.03. The average Bonchev–Trinajstić information content (AvgIpc) is 3.09. The van der Waals surface area contributed by atoms with Crippen molar-refractivity contribution in [1.29, 1.82) is 0 Å². The van der Waals surface area contributed by atoms with Gasteiger partial charge < -0.3 is 0 Å². The molecule has 0 saturated carbocycles. The Morgan fingerprint density at radius 1 is 0.818 bits per heavy atom. The van der Waals surface area contributed by atoms with Gasteiger partial charge >= 0.3 is 111 Å². The molecular weight excluding hydrogens is 1230 g/mol. The zero-order chi connectivity index (χ0) is 17.4. The Bertz CT molecular complexity index is 426. The van der Waals surface area contributed by atoms with Crippen molar-refractivity contribution in [2.45, 2.75) is 10.3 Å². The summed E-state index contributed by atoms with van der Waals surface area (Å²) in [6.45, 7) is 0. The third-order valence-corrected chi connectivity index (χ3v) is 4.26. The van der Waals surface area contributed by atoms with E-state index in [1.807, 2.05) is 38.9 Å². The van der Waals surface area contributed by atoms with Gasteiger partial charge in [0.05, 0.1) is 14.1 Å². The maximum atomic E-state index is 3.17. The first kappa shape index (κ1) is 29.2. The SMILES string of the molecule is C[n+]1cc[nH]c1SSc1[nH]cc[n+]1C.II.I[I-]I.I[I-]I. The number of hydrogen-bond acceptors (Lipinski definition) is 2. The van der Waals surface area contributed by atoms with Crippen LogP contribution in [0.25, 0.3) is 0 Å². The quantitative estimate of drug-likeness (QED) is 0.261. The van der Waals surface area contributed by atoms with Crippen molar-refractivity contribution in [3.63, 3.8) is 0 Å². The molecule has 0 spiro atoms. The summed E-state index contributed by atoms with van der Waals surface area (Å²) in [6.07, 6.45) is 7.85. The third-order valence-electron chi connectivity index (χ3n) is 1.85. The number of aromatic nitrogens is 4. The molecule has 0 atom stereocenters. The van der Waals surface area contributed by atoms with Crippen LogP contribution < -0.4 is 35.6 Å². The number of imidazole rings is 2. The number of nitrogens with one attached hydrogen (secondary N) is 2. The van der Waals surface area contributed by atoms with E-state index in [9.17, 15) is 0 Å². The Morgan fingerprint density at radius 2 is 1.09 bits per heavy atom. The summed E-state index contributed by atoms with van der Waals surface area (Å²) in [5.41, 5.74) is 0. The zero-order valence-corrected chi connectivity index (χ0v) is 29.9. The van der Waals surface area contributed by atoms with E-state index in [0.717, 1.165) is 10.3 Å². The molecule has 132 valence electrons. The average molecular weight is 1240 g/mol. The van der Waals surface area contributed by atoms with E-state index in [-0.39, 0.29) is 0 Å². The third kappa shape index (κ3) is 16.0. The van der Waals surface area contributed by atoms with Crippen molar-refractivity contribution >= 4 is 133 Å². The van der Waals surface area contributed by atoms with E-state index in [1.54, 1.807) is 21.6 Å². The van der Waals surface area contributed by atoms with Gasteiger partial charge in [-0.3, -0.25) is 0 Å². The molecule has 0 radical (unpaired) electrons. The Labute approximate surface area is 222 Å². The monoisotopic (exact) mass is 1240 g/mol. The molecule has 0 aliphatic carbocycles. The first-order valence-corrected chi connectivity index (χ1v) is 38.5. The van der Waals surface area contributed by atoms with E-state index in [4.69, 9.17) is 0 Å². The molecular formula is C8H12I8N4S2. The Morgan fingerprint density at radius 3 is 1.27 bits per heavy atom. The van der Waals surface area contributed by atoms with Crippen LogP contribution in [-0.4, -0.2) is 9.97 Å². The molecule has 0 aliphatic rings. The minimum atomic E-state index is 0.530. The van der Waals surface area contributed by atoms with Crippen LogP contribution in [0.2, 0.25) is 0 Å². The van der Waals surface area contributed by atoms with Gasteiger partial charge in [-0.05, 0) is 0 Å². The first-order chi connectivity index (χ1) is 10.6. The Balaban J connectivity index is 0. The second-order valence-corrected chi connectivity index (χ2v) is 37.6. The summed E-state index contributed by atoms with van der Waals surface area (Å²) in [5.74, 6) is 0. The van der Waals surface area contributed by atoms with Crippen molar-refractivity contribution in [2.24, 2.45) is 14.1 Å². The first-order valence-electron chi connectivity index (χ1n) is 4.89. The van der Waals surface area contributed by atoms with Crippen molar-refractivity contribution in [2.75, 3.05) is 0 Å². The molecule has 0 aromatic carbocycles. The van der Waals surface area contributed by atoms with Crippen LogP contribution in [-0.2, 0) is 14.1 Å². The number of aryl methyl sites for hydroxylation is 2. The molecule has 2 N–H and O–H groups in total. The van der Waals surface area contributed by atoms with Crippen molar-refractivity contribution in [3.8, 4) is 0 Å². The van der Waals surface area contributed by atoms with Gasteiger partial charge in [0.15, 0.2) is 0 Å². The number of nitrogens with zero attached hydrogens (tertiary/aromatic N) is 2. The van der Waals surface area contributed by atoms with E-state index < -0.39 is 0 Å². The molecule has 4 nitrogen and oxygen atoms in total. The number of hydrogen-bond donors (Lipinski definition) is 2. The summed E-state index contributed by atoms with van der Waals surface area (Å²) < 4.78 is 4.11. The van der Waals surface area contributed by atoms with Crippen LogP contribution in [0.4, 0.5) is 0 Å². The molecule has 2 rings (SSSR count). The van der Waals surface area contributed by atoms with Gasteiger partial charge in [0, 0.05) is 58.8 Å². The molecule has 0 fully saturated rings. The summed E-state index contributed by atoms with van der Waals surface area (Å²) in [7, 11) is 7.44. The number of halogens is 8. The van der Waals surface area contributed by atoms with Crippen LogP contribution in [0.5, 0.6) is 0 Å². The van der Waals surface area contributed by atoms with E-state index in [0.29, 0.717) is 26.5 Å². The van der Waals surface area contributed by atoms with E-state index in [2.05, 4.69) is 131 Å². The summed E-state index contributed by atoms with van der Waals surface area (Å²) in [5, 5.41) is 2.26. The number of aromatic amines is 2. The van der Waals surface area contributed by atoms with Gasteiger partial charge in [0.2, 0.25) is 0 Å². The van der Waals surface area contributed by atoms with Crippen LogP contribution in [0.15, 0.2) is 35.1 Å². The molecule has 0 unspecified atom stereocenters. The predicted molar refractivity (Wildman–Crippen MR) is 140 cm³/mol. The zero-order valence-electron chi connectivity index (χ0n) is 11.0. The van der Waals surface area contributed by atoms with E-state index in [1.165, 1.54) is 0 Å². The summed E-state index contributed by atoms with van der Waals surface area (Å²) in [4.78, 5) is 6.34. The number of H-pyrrole nitrogens is 2. The van der Waals surface area contributed by atoms with Crippen molar-refractivity contribution < 1.29 is 35.6 Å². The fraction of sp³-hybridized carbons (Fsp3) is 0.250. The molecule has 0 bridgehead atoms. The topological polar surface area (TPSA) is 39.3 Å². The van der Waals surface area contributed by atoms with Crippen LogP contribution >= 0.6 is 133 Å². The van der Waals surface area contributed by atoms with Gasteiger partial charge in [-0.25, -0.2) is 19.1 Å². The molecule has 0 aliphatic heterocycles. The van der Waals surface area contributed by atoms with Crippen molar-refractivity contribution in [3.05, 3.63) is 24.8 Å². The Kier molecular flexibility index (Phi) is 29.5. The standard InChI is InChI=1S/C8H10N4S2.2I3.I2/c1-11-5-3-9-7(11)13-14-8-10-4-6-12(8)2;2*1-3-2;1-2/h3-6H,1-2H3;;;/q;2*-1;/p+2. The van der Waals surface area contributed by atoms with Gasteiger partial charge in [-0.2, -0.15) is 0 Å². The second kappa shape index (κ2) is 22.3. The van der Waals surface area contributed by atoms with Crippen LogP contribution in [0, 0.1) is 0 Å². The molecule has 0 amide bonds. The maximum absolute atomic E-state index is 3.17. The predicted octanol–water partition coefficient (Wildman–Crippen LogP) is 0.113. The van der Waals surface area contributed by atoms with Gasteiger partial charge in [0.25, 0.3) is 0 Å². The minimum absolute atomic E-state index is 0.530. The molecule has 2 aromatic heterocycles. The fourth-order valence-corrected chi connectivity index (χ4v) is 3.24. The van der Waals surface area contributed by atoms with Gasteiger partial charge in [0.1, 0.15) is 24.8 Å². The fourth-order valence-electron chi connectivity index (χ4n) is 1.02. The molecule has 2 aromatic rings. The Hall–Kier alpha value is 4.96. The molecule has 22 heavy (non-hydrogen) atoms. The van der Waals surface area contributed by atoms with Crippen LogP contribution in [0.1, 0.15) is 0 Å². The molecule has 2 heterocycles. The molecule has 0 saturated heterocycles. The van der Waals surface area contributed by atoms with Crippen LogP contribution in [0.3, 0.4) is 0 Å². The van der Waals surface area contributed by atoms with Crippen molar-refractivity contribution in [1.82, 2.24) is 9.97 Å².